The van der Waals surface area contributed by atoms with E-state index in [4.69, 9.17) is 5.26 Å². The van der Waals surface area contributed by atoms with Crippen molar-refractivity contribution in [3.8, 4) is 6.07 Å². The van der Waals surface area contributed by atoms with Crippen LogP contribution in [0.1, 0.15) is 19.8 Å². The number of carbonyl (C=O) groups excluding carboxylic acids is 1. The second-order valence-corrected chi connectivity index (χ2v) is 6.16. The van der Waals surface area contributed by atoms with Gasteiger partial charge in [-0.3, -0.25) is 4.79 Å². The number of likely N-dealkylation sites (tertiary alicyclic amines) is 1. The van der Waals surface area contributed by atoms with Gasteiger partial charge in [0.15, 0.2) is 9.84 Å². The van der Waals surface area contributed by atoms with E-state index in [0.717, 1.165) is 12.7 Å². The van der Waals surface area contributed by atoms with Crippen molar-refractivity contribution >= 4 is 15.7 Å². The molecule has 84 valence electrons. The first-order valence-corrected chi connectivity index (χ1v) is 6.72. The van der Waals surface area contributed by atoms with Gasteiger partial charge in [-0.05, 0) is 19.8 Å². The highest BCUT2D eigenvalue weighted by Crippen LogP contribution is 2.18. The van der Waals surface area contributed by atoms with Gasteiger partial charge in [-0.15, -0.1) is 0 Å². The van der Waals surface area contributed by atoms with Crippen LogP contribution in [0.3, 0.4) is 0 Å². The van der Waals surface area contributed by atoms with Crippen molar-refractivity contribution in [1.82, 2.24) is 4.90 Å². The summed E-state index contributed by atoms with van der Waals surface area (Å²) in [7, 11) is -3.37. The van der Waals surface area contributed by atoms with Crippen LogP contribution in [0, 0.1) is 11.3 Å². The summed E-state index contributed by atoms with van der Waals surface area (Å²) < 4.78 is 22.4. The molecule has 0 aromatic heterocycles. The van der Waals surface area contributed by atoms with E-state index in [-0.39, 0.29) is 0 Å². The predicted octanol–water partition coefficient (Wildman–Crippen LogP) is -0.0659. The van der Waals surface area contributed by atoms with E-state index in [0.29, 0.717) is 13.0 Å². The summed E-state index contributed by atoms with van der Waals surface area (Å²) in [5.41, 5.74) is 0. The Morgan fingerprint density at radius 3 is 2.67 bits per heavy atom. The molecule has 15 heavy (non-hydrogen) atoms. The molecule has 2 unspecified atom stereocenters. The largest absolute Gasteiger partial charge is 0.326 e. The molecule has 1 rings (SSSR count). The van der Waals surface area contributed by atoms with Crippen LogP contribution in [0.25, 0.3) is 0 Å². The van der Waals surface area contributed by atoms with Gasteiger partial charge in [0, 0.05) is 12.8 Å². The molecule has 0 saturated carbocycles. The minimum atomic E-state index is -3.37. The van der Waals surface area contributed by atoms with Crippen molar-refractivity contribution in [3.63, 3.8) is 0 Å². The van der Waals surface area contributed by atoms with Crippen LogP contribution in [0.4, 0.5) is 0 Å². The predicted molar refractivity (Wildman–Crippen MR) is 54.7 cm³/mol. The second-order valence-electron chi connectivity index (χ2n) is 3.79. The summed E-state index contributed by atoms with van der Waals surface area (Å²) in [6.45, 7) is 1.85. The van der Waals surface area contributed by atoms with Crippen LogP contribution in [0.2, 0.25) is 0 Å². The van der Waals surface area contributed by atoms with Crippen molar-refractivity contribution in [2.45, 2.75) is 31.1 Å². The molecule has 0 aromatic rings. The van der Waals surface area contributed by atoms with E-state index in [1.54, 1.807) is 0 Å². The van der Waals surface area contributed by atoms with Crippen molar-refractivity contribution < 1.29 is 13.2 Å². The lowest BCUT2D eigenvalue weighted by Crippen LogP contribution is -2.43. The number of hydrogen-bond donors (Lipinski definition) is 0. The maximum absolute atomic E-state index is 11.8. The van der Waals surface area contributed by atoms with Gasteiger partial charge in [0.1, 0.15) is 11.3 Å². The topological polar surface area (TPSA) is 78.2 Å². The van der Waals surface area contributed by atoms with E-state index in [9.17, 15) is 13.2 Å². The molecule has 1 heterocycles. The first-order valence-electron chi connectivity index (χ1n) is 4.77. The van der Waals surface area contributed by atoms with Crippen molar-refractivity contribution in [2.24, 2.45) is 0 Å². The van der Waals surface area contributed by atoms with Crippen LogP contribution < -0.4 is 0 Å². The fourth-order valence-electron chi connectivity index (χ4n) is 1.58. The monoisotopic (exact) mass is 230 g/mol. The molecule has 1 saturated heterocycles. The van der Waals surface area contributed by atoms with E-state index in [2.05, 4.69) is 0 Å². The average molecular weight is 230 g/mol. The Balaban J connectivity index is 2.82. The molecule has 1 amide bonds. The van der Waals surface area contributed by atoms with Gasteiger partial charge < -0.3 is 4.90 Å². The molecule has 6 heteroatoms. The quantitative estimate of drug-likeness (QED) is 0.665. The molecule has 0 aliphatic carbocycles. The molecular formula is C9H14N2O3S. The first-order chi connectivity index (χ1) is 6.88. The molecule has 0 spiro atoms. The Bertz CT molecular complexity index is 396. The van der Waals surface area contributed by atoms with Crippen LogP contribution in [-0.4, -0.2) is 43.3 Å². The van der Waals surface area contributed by atoms with E-state index in [1.165, 1.54) is 11.8 Å². The first kappa shape index (κ1) is 12.0. The smallest absolute Gasteiger partial charge is 0.241 e. The third kappa shape index (κ3) is 2.48. The number of sulfone groups is 1. The summed E-state index contributed by atoms with van der Waals surface area (Å²) >= 11 is 0. The third-order valence-corrected chi connectivity index (χ3v) is 4.16. The molecule has 0 aromatic carbocycles. The Labute approximate surface area is 89.6 Å². The highest BCUT2D eigenvalue weighted by molar-refractivity contribution is 7.92. The Hall–Kier alpha value is -1.09. The fourth-order valence-corrected chi connectivity index (χ4v) is 2.08. The Morgan fingerprint density at radius 2 is 2.20 bits per heavy atom. The molecule has 0 bridgehead atoms. The number of amides is 1. The third-order valence-electron chi connectivity index (χ3n) is 2.67. The van der Waals surface area contributed by atoms with Gasteiger partial charge in [0.25, 0.3) is 0 Å². The molecule has 1 aliphatic heterocycles. The van der Waals surface area contributed by atoms with Crippen LogP contribution in [0.15, 0.2) is 0 Å². The minimum absolute atomic E-state index is 0.457. The Kier molecular flexibility index (Phi) is 3.35. The van der Waals surface area contributed by atoms with Crippen LogP contribution in [-0.2, 0) is 14.6 Å². The van der Waals surface area contributed by atoms with E-state index < -0.39 is 27.0 Å². The van der Waals surface area contributed by atoms with Crippen LogP contribution >= 0.6 is 0 Å². The maximum Gasteiger partial charge on any atom is 0.241 e. The minimum Gasteiger partial charge on any atom is -0.326 e. The lowest BCUT2D eigenvalue weighted by atomic mass is 10.2. The molecule has 5 nitrogen and oxygen atoms in total. The number of hydrogen-bond acceptors (Lipinski definition) is 4. The van der Waals surface area contributed by atoms with Gasteiger partial charge in [-0.25, -0.2) is 8.42 Å². The molecule has 1 aliphatic rings. The summed E-state index contributed by atoms with van der Waals surface area (Å²) in [6.07, 6.45) is 2.44. The van der Waals surface area contributed by atoms with Gasteiger partial charge in [-0.2, -0.15) is 5.26 Å². The van der Waals surface area contributed by atoms with Gasteiger partial charge >= 0.3 is 0 Å². The zero-order valence-electron chi connectivity index (χ0n) is 8.80. The van der Waals surface area contributed by atoms with Crippen molar-refractivity contribution in [3.05, 3.63) is 0 Å². The summed E-state index contributed by atoms with van der Waals surface area (Å²) in [5.74, 6) is -0.457. The maximum atomic E-state index is 11.8. The van der Waals surface area contributed by atoms with E-state index >= 15 is 0 Å². The summed E-state index contributed by atoms with van der Waals surface area (Å²) in [4.78, 5) is 13.1. The lowest BCUT2D eigenvalue weighted by molar-refractivity contribution is -0.130. The fraction of sp³-hybridized carbons (Fsp3) is 0.778. The summed E-state index contributed by atoms with van der Waals surface area (Å²) in [6, 6.07) is 1.55. The Morgan fingerprint density at radius 1 is 1.60 bits per heavy atom. The van der Waals surface area contributed by atoms with Gasteiger partial charge in [0.05, 0.1) is 6.07 Å². The number of carbonyl (C=O) groups is 1. The normalized spacial score (nSPS) is 23.5. The SMILES string of the molecule is CC(C(=O)N1CCCC1C#N)S(C)(=O)=O. The number of rotatable bonds is 2. The molecular weight excluding hydrogens is 216 g/mol. The average Bonchev–Trinajstić information content (AvgIpc) is 2.61. The second kappa shape index (κ2) is 4.19. The van der Waals surface area contributed by atoms with E-state index in [1.807, 2.05) is 6.07 Å². The molecule has 1 fully saturated rings. The summed E-state index contributed by atoms with van der Waals surface area (Å²) in [5, 5.41) is 7.73. The molecule has 2 atom stereocenters. The number of nitriles is 1. The standard InChI is InChI=1S/C9H14N2O3S/c1-7(15(2,13)14)9(12)11-5-3-4-8(11)6-10/h7-8H,3-5H2,1-2H3. The van der Waals surface area contributed by atoms with Gasteiger partial charge in [-0.1, -0.05) is 0 Å². The molecule has 0 radical (unpaired) electrons. The lowest BCUT2D eigenvalue weighted by Gasteiger charge is -2.22. The van der Waals surface area contributed by atoms with Crippen molar-refractivity contribution in [1.29, 1.82) is 5.26 Å². The van der Waals surface area contributed by atoms with Crippen molar-refractivity contribution in [2.75, 3.05) is 12.8 Å². The number of nitrogens with zero attached hydrogens (tertiary/aromatic N) is 2. The highest BCUT2D eigenvalue weighted by atomic mass is 32.2. The molecule has 0 N–H and O–H groups in total. The van der Waals surface area contributed by atoms with Gasteiger partial charge in [0.2, 0.25) is 5.91 Å². The van der Waals surface area contributed by atoms with Crippen LogP contribution in [0.5, 0.6) is 0 Å². The zero-order valence-corrected chi connectivity index (χ0v) is 9.62. The zero-order chi connectivity index (χ0) is 11.6. The highest BCUT2D eigenvalue weighted by Gasteiger charge is 2.35.